The van der Waals surface area contributed by atoms with Crippen molar-refractivity contribution in [2.24, 2.45) is 0 Å². The molecule has 1 aromatic heterocycles. The van der Waals surface area contributed by atoms with Crippen LogP contribution in [0, 0.1) is 17.0 Å². The maximum atomic E-state index is 11.4. The molecule has 3 rings (SSSR count). The molecular weight excluding hydrogens is 322 g/mol. The highest BCUT2D eigenvalue weighted by molar-refractivity contribution is 6.30. The van der Waals surface area contributed by atoms with E-state index in [9.17, 15) is 14.9 Å². The smallest absolute Gasteiger partial charge is 0.336 e. The Labute approximate surface area is 135 Å². The molecule has 6 nitrogen and oxygen atoms in total. The Morgan fingerprint density at radius 2 is 1.96 bits per heavy atom. The number of nitrogens with zero attached hydrogens (tertiary/aromatic N) is 1. The first-order valence-corrected chi connectivity index (χ1v) is 6.98. The number of rotatable bonds is 3. The molecule has 1 heterocycles. The van der Waals surface area contributed by atoms with Gasteiger partial charge < -0.3 is 9.15 Å². The third kappa shape index (κ3) is 3.02. The zero-order valence-corrected chi connectivity index (χ0v) is 12.7. The van der Waals surface area contributed by atoms with Crippen LogP contribution in [0.1, 0.15) is 5.56 Å². The average Bonchev–Trinajstić information content (AvgIpc) is 2.48. The van der Waals surface area contributed by atoms with Crippen molar-refractivity contribution in [2.75, 3.05) is 0 Å². The molecule has 0 N–H and O–H groups in total. The first-order valence-electron chi connectivity index (χ1n) is 6.60. The lowest BCUT2D eigenvalue weighted by Gasteiger charge is -2.08. The summed E-state index contributed by atoms with van der Waals surface area (Å²) < 4.78 is 10.7. The van der Waals surface area contributed by atoms with E-state index in [0.29, 0.717) is 11.3 Å². The van der Waals surface area contributed by atoms with Crippen molar-refractivity contribution in [1.82, 2.24) is 0 Å². The van der Waals surface area contributed by atoms with Gasteiger partial charge in [-0.1, -0.05) is 11.6 Å². The Balaban J connectivity index is 2.06. The molecule has 0 amide bonds. The minimum absolute atomic E-state index is 0.0498. The zero-order valence-electron chi connectivity index (χ0n) is 11.9. The molecule has 0 saturated carbocycles. The summed E-state index contributed by atoms with van der Waals surface area (Å²) in [6.45, 7) is 1.80. The maximum Gasteiger partial charge on any atom is 0.336 e. The molecule has 3 aromatic rings. The second kappa shape index (κ2) is 5.73. The van der Waals surface area contributed by atoms with Crippen LogP contribution in [-0.2, 0) is 0 Å². The summed E-state index contributed by atoms with van der Waals surface area (Å²) in [7, 11) is 0. The van der Waals surface area contributed by atoms with Gasteiger partial charge in [-0.15, -0.1) is 0 Å². The SMILES string of the molecule is Cc1cc(=O)oc2cc(Oc3ccc(Cl)cc3[N+](=O)[O-])ccc12. The van der Waals surface area contributed by atoms with E-state index in [1.54, 1.807) is 19.1 Å². The van der Waals surface area contributed by atoms with Crippen molar-refractivity contribution in [3.63, 3.8) is 0 Å². The fourth-order valence-electron chi connectivity index (χ4n) is 2.22. The Hall–Kier alpha value is -2.86. The second-order valence-electron chi connectivity index (χ2n) is 4.88. The third-order valence-electron chi connectivity index (χ3n) is 3.27. The number of halogens is 1. The highest BCUT2D eigenvalue weighted by Gasteiger charge is 2.17. The van der Waals surface area contributed by atoms with Gasteiger partial charge in [0, 0.05) is 28.6 Å². The highest BCUT2D eigenvalue weighted by Crippen LogP contribution is 2.34. The number of nitro groups is 1. The van der Waals surface area contributed by atoms with Crippen LogP contribution < -0.4 is 10.4 Å². The molecule has 0 unspecified atom stereocenters. The lowest BCUT2D eigenvalue weighted by atomic mass is 10.1. The summed E-state index contributed by atoms with van der Waals surface area (Å²) >= 11 is 5.77. The van der Waals surface area contributed by atoms with Gasteiger partial charge in [-0.3, -0.25) is 10.1 Å². The molecule has 0 aliphatic rings. The predicted molar refractivity (Wildman–Crippen MR) is 85.4 cm³/mol. The van der Waals surface area contributed by atoms with Gasteiger partial charge in [0.25, 0.3) is 0 Å². The molecule has 116 valence electrons. The molecule has 2 aromatic carbocycles. The van der Waals surface area contributed by atoms with Gasteiger partial charge in [0.2, 0.25) is 5.75 Å². The van der Waals surface area contributed by atoms with E-state index in [1.165, 1.54) is 30.3 Å². The fraction of sp³-hybridized carbons (Fsp3) is 0.0625. The standard InChI is InChI=1S/C16H10ClNO5/c1-9-6-16(19)23-15-8-11(3-4-12(9)15)22-14-5-2-10(17)7-13(14)18(20)21/h2-8H,1H3. The van der Waals surface area contributed by atoms with Gasteiger partial charge in [0.05, 0.1) is 4.92 Å². The summed E-state index contributed by atoms with van der Waals surface area (Å²) in [6.07, 6.45) is 0. The van der Waals surface area contributed by atoms with E-state index in [0.717, 1.165) is 10.9 Å². The molecule has 0 radical (unpaired) electrons. The Morgan fingerprint density at radius 1 is 1.17 bits per heavy atom. The molecule has 7 heteroatoms. The topological polar surface area (TPSA) is 82.6 Å². The number of hydrogen-bond acceptors (Lipinski definition) is 5. The van der Waals surface area contributed by atoms with E-state index >= 15 is 0 Å². The van der Waals surface area contributed by atoms with Gasteiger partial charge in [0.1, 0.15) is 11.3 Å². The lowest BCUT2D eigenvalue weighted by Crippen LogP contribution is -1.98. The predicted octanol–water partition coefficient (Wildman–Crippen LogP) is 4.46. The minimum Gasteiger partial charge on any atom is -0.450 e. The quantitative estimate of drug-likeness (QED) is 0.402. The van der Waals surface area contributed by atoms with Crippen molar-refractivity contribution in [3.05, 3.63) is 73.6 Å². The molecule has 23 heavy (non-hydrogen) atoms. The number of nitro benzene ring substituents is 1. The first kappa shape index (κ1) is 15.1. The molecule has 0 spiro atoms. The number of benzene rings is 2. The number of ether oxygens (including phenoxy) is 1. The number of hydrogen-bond donors (Lipinski definition) is 0. The first-order chi connectivity index (χ1) is 10.9. The Kier molecular flexibility index (Phi) is 3.75. The second-order valence-corrected chi connectivity index (χ2v) is 5.31. The van der Waals surface area contributed by atoms with Crippen LogP contribution in [0.25, 0.3) is 11.0 Å². The summed E-state index contributed by atoms with van der Waals surface area (Å²) in [5, 5.41) is 12.1. The third-order valence-corrected chi connectivity index (χ3v) is 3.50. The largest absolute Gasteiger partial charge is 0.450 e. The zero-order chi connectivity index (χ0) is 16.6. The number of aryl methyl sites for hydroxylation is 1. The summed E-state index contributed by atoms with van der Waals surface area (Å²) in [6, 6.07) is 10.4. The van der Waals surface area contributed by atoms with Crippen LogP contribution in [0.2, 0.25) is 5.02 Å². The van der Waals surface area contributed by atoms with Gasteiger partial charge in [-0.25, -0.2) is 4.79 Å². The fourth-order valence-corrected chi connectivity index (χ4v) is 2.38. The average molecular weight is 332 g/mol. The molecule has 0 fully saturated rings. The van der Waals surface area contributed by atoms with Crippen LogP contribution in [0.15, 0.2) is 51.7 Å². The molecule has 0 aliphatic carbocycles. The van der Waals surface area contributed by atoms with Crippen LogP contribution in [0.4, 0.5) is 5.69 Å². The Bertz CT molecular complexity index is 980. The normalized spacial score (nSPS) is 10.7. The molecule has 0 saturated heterocycles. The monoisotopic (exact) mass is 331 g/mol. The maximum absolute atomic E-state index is 11.4. The van der Waals surface area contributed by atoms with Gasteiger partial charge in [-0.2, -0.15) is 0 Å². The van der Waals surface area contributed by atoms with Gasteiger partial charge in [-0.05, 0) is 36.8 Å². The van der Waals surface area contributed by atoms with Crippen LogP contribution in [0.5, 0.6) is 11.5 Å². The Morgan fingerprint density at radius 3 is 2.70 bits per heavy atom. The number of fused-ring (bicyclic) bond motifs is 1. The van der Waals surface area contributed by atoms with Gasteiger partial charge >= 0.3 is 11.3 Å². The van der Waals surface area contributed by atoms with Crippen LogP contribution >= 0.6 is 11.6 Å². The summed E-state index contributed by atoms with van der Waals surface area (Å²) in [4.78, 5) is 21.9. The van der Waals surface area contributed by atoms with Gasteiger partial charge in [0.15, 0.2) is 0 Å². The van der Waals surface area contributed by atoms with Crippen molar-refractivity contribution in [3.8, 4) is 11.5 Å². The van der Waals surface area contributed by atoms with E-state index in [-0.39, 0.29) is 16.5 Å². The van der Waals surface area contributed by atoms with E-state index in [2.05, 4.69) is 0 Å². The lowest BCUT2D eigenvalue weighted by molar-refractivity contribution is -0.385. The van der Waals surface area contributed by atoms with E-state index < -0.39 is 10.5 Å². The van der Waals surface area contributed by atoms with Crippen molar-refractivity contribution in [1.29, 1.82) is 0 Å². The highest BCUT2D eigenvalue weighted by atomic mass is 35.5. The summed E-state index contributed by atoms with van der Waals surface area (Å²) in [5.41, 5.74) is 0.414. The van der Waals surface area contributed by atoms with Crippen LogP contribution in [0.3, 0.4) is 0 Å². The summed E-state index contributed by atoms with van der Waals surface area (Å²) in [5.74, 6) is 0.366. The van der Waals surface area contributed by atoms with Crippen LogP contribution in [-0.4, -0.2) is 4.92 Å². The minimum atomic E-state index is -0.577. The van der Waals surface area contributed by atoms with E-state index in [4.69, 9.17) is 20.8 Å². The molecule has 0 atom stereocenters. The molecule has 0 bridgehead atoms. The van der Waals surface area contributed by atoms with E-state index in [1.807, 2.05) is 0 Å². The van der Waals surface area contributed by atoms with Crippen molar-refractivity contribution in [2.45, 2.75) is 6.92 Å². The van der Waals surface area contributed by atoms with Crippen molar-refractivity contribution < 1.29 is 14.1 Å². The molecular formula is C16H10ClNO5. The molecule has 0 aliphatic heterocycles. The van der Waals surface area contributed by atoms with Crippen molar-refractivity contribution >= 4 is 28.3 Å².